The van der Waals surface area contributed by atoms with Crippen molar-refractivity contribution < 1.29 is 13.5 Å². The maximum Gasteiger partial charge on any atom is 0.166 e. The number of nitrogens with zero attached hydrogens (tertiary/aromatic N) is 2. The van der Waals surface area contributed by atoms with E-state index in [1.54, 1.807) is 37.4 Å². The topological polar surface area (TPSA) is 57.9 Å². The van der Waals surface area contributed by atoms with Crippen LogP contribution < -0.4 is 10.1 Å². The van der Waals surface area contributed by atoms with Crippen LogP contribution in [0.2, 0.25) is 0 Å². The predicted octanol–water partition coefficient (Wildman–Crippen LogP) is 4.94. The van der Waals surface area contributed by atoms with Crippen molar-refractivity contribution in [1.29, 1.82) is 5.26 Å². The van der Waals surface area contributed by atoms with Gasteiger partial charge in [0.05, 0.1) is 11.9 Å². The molecule has 0 fully saturated rings. The van der Waals surface area contributed by atoms with Gasteiger partial charge in [0.15, 0.2) is 11.6 Å². The van der Waals surface area contributed by atoms with Crippen molar-refractivity contribution in [3.8, 4) is 17.6 Å². The lowest BCUT2D eigenvalue weighted by Gasteiger charge is -2.11. The Morgan fingerprint density at radius 2 is 2.00 bits per heavy atom. The number of rotatable bonds is 5. The van der Waals surface area contributed by atoms with Gasteiger partial charge >= 0.3 is 0 Å². The van der Waals surface area contributed by atoms with E-state index in [4.69, 9.17) is 10.00 Å². The molecule has 130 valence electrons. The normalized spacial score (nSPS) is 10.2. The molecule has 3 aromatic rings. The summed E-state index contributed by atoms with van der Waals surface area (Å²) in [4.78, 5) is 3.91. The molecule has 0 aliphatic heterocycles. The van der Waals surface area contributed by atoms with Gasteiger partial charge in [0.2, 0.25) is 0 Å². The molecular weight excluding hydrogens is 336 g/mol. The Hall–Kier alpha value is -3.46. The highest BCUT2D eigenvalue weighted by atomic mass is 19.1. The second kappa shape index (κ2) is 7.62. The lowest BCUT2D eigenvalue weighted by molar-refractivity contribution is 0.440. The molecule has 0 aliphatic rings. The highest BCUT2D eigenvalue weighted by Gasteiger charge is 2.10. The van der Waals surface area contributed by atoms with Crippen LogP contribution in [0.15, 0.2) is 54.9 Å². The Morgan fingerprint density at radius 3 is 2.69 bits per heavy atom. The van der Waals surface area contributed by atoms with Gasteiger partial charge in [-0.05, 0) is 54.4 Å². The van der Waals surface area contributed by atoms with Crippen LogP contribution in [0.5, 0.6) is 11.5 Å². The molecule has 3 rings (SSSR count). The molecule has 1 aromatic heterocycles. The van der Waals surface area contributed by atoms with Crippen LogP contribution in [0.1, 0.15) is 16.7 Å². The number of anilines is 1. The van der Waals surface area contributed by atoms with Crippen LogP contribution in [-0.4, -0.2) is 4.98 Å². The maximum atomic E-state index is 14.2. The first-order chi connectivity index (χ1) is 12.6. The van der Waals surface area contributed by atoms with E-state index < -0.39 is 11.6 Å². The minimum absolute atomic E-state index is 0.0624. The zero-order valence-corrected chi connectivity index (χ0v) is 14.0. The van der Waals surface area contributed by atoms with E-state index in [1.807, 2.05) is 6.07 Å². The summed E-state index contributed by atoms with van der Waals surface area (Å²) in [6.45, 7) is 1.97. The second-order valence-corrected chi connectivity index (χ2v) is 5.69. The largest absolute Gasteiger partial charge is 0.453 e. The Kier molecular flexibility index (Phi) is 5.09. The molecule has 2 aromatic carbocycles. The average Bonchev–Trinajstić information content (AvgIpc) is 2.62. The van der Waals surface area contributed by atoms with Gasteiger partial charge in [0.25, 0.3) is 0 Å². The van der Waals surface area contributed by atoms with E-state index in [9.17, 15) is 8.78 Å². The fraction of sp³-hybridized carbons (Fsp3) is 0.100. The Bertz CT molecular complexity index is 969. The highest BCUT2D eigenvalue weighted by Crippen LogP contribution is 2.26. The first-order valence-corrected chi connectivity index (χ1v) is 7.87. The van der Waals surface area contributed by atoms with Gasteiger partial charge in [-0.1, -0.05) is 6.07 Å². The summed E-state index contributed by atoms with van der Waals surface area (Å²) >= 11 is 0. The lowest BCUT2D eigenvalue weighted by atomic mass is 10.1. The van der Waals surface area contributed by atoms with Crippen molar-refractivity contribution in [3.05, 3.63) is 83.2 Å². The minimum atomic E-state index is -0.582. The number of hydrogen-bond donors (Lipinski definition) is 1. The van der Waals surface area contributed by atoms with E-state index in [0.717, 1.165) is 0 Å². The van der Waals surface area contributed by atoms with E-state index in [0.29, 0.717) is 22.6 Å². The molecule has 0 radical (unpaired) electrons. The first kappa shape index (κ1) is 17.4. The van der Waals surface area contributed by atoms with Crippen LogP contribution in [0.4, 0.5) is 14.5 Å². The van der Waals surface area contributed by atoms with Crippen LogP contribution >= 0.6 is 0 Å². The summed E-state index contributed by atoms with van der Waals surface area (Å²) in [6.07, 6.45) is 3.09. The Balaban J connectivity index is 1.74. The van der Waals surface area contributed by atoms with Crippen molar-refractivity contribution in [2.45, 2.75) is 13.5 Å². The molecule has 0 unspecified atom stereocenters. The number of nitriles is 1. The van der Waals surface area contributed by atoms with E-state index in [-0.39, 0.29) is 17.9 Å². The third kappa shape index (κ3) is 3.95. The van der Waals surface area contributed by atoms with Crippen molar-refractivity contribution in [2.24, 2.45) is 0 Å². The standard InChI is InChI=1S/C20H15F2N3O/c1-13-7-17(21)16(10-23)19(8-13)25-11-14-4-5-20(18(22)9-14)26-15-3-2-6-24-12-15/h2-9,12,25H,11H2,1H3. The van der Waals surface area contributed by atoms with Gasteiger partial charge in [0, 0.05) is 12.7 Å². The van der Waals surface area contributed by atoms with Gasteiger partial charge in [-0.2, -0.15) is 5.26 Å². The minimum Gasteiger partial charge on any atom is -0.453 e. The zero-order valence-electron chi connectivity index (χ0n) is 14.0. The zero-order chi connectivity index (χ0) is 18.5. The van der Waals surface area contributed by atoms with Crippen LogP contribution in [0, 0.1) is 29.9 Å². The molecule has 1 N–H and O–H groups in total. The quantitative estimate of drug-likeness (QED) is 0.707. The summed E-state index contributed by atoms with van der Waals surface area (Å²) in [6, 6.07) is 12.7. The number of nitrogens with one attached hydrogen (secondary N) is 1. The highest BCUT2D eigenvalue weighted by molar-refractivity contribution is 5.59. The van der Waals surface area contributed by atoms with E-state index in [1.165, 1.54) is 24.4 Å². The summed E-state index contributed by atoms with van der Waals surface area (Å²) < 4.78 is 33.5. The number of pyridine rings is 1. The summed E-state index contributed by atoms with van der Waals surface area (Å²) in [5, 5.41) is 12.1. The summed E-state index contributed by atoms with van der Waals surface area (Å²) in [5.74, 6) is -0.585. The molecule has 0 aliphatic carbocycles. The van der Waals surface area contributed by atoms with Crippen LogP contribution in [-0.2, 0) is 6.54 Å². The third-order valence-corrected chi connectivity index (χ3v) is 3.69. The second-order valence-electron chi connectivity index (χ2n) is 5.69. The molecule has 6 heteroatoms. The predicted molar refractivity (Wildman–Crippen MR) is 93.9 cm³/mol. The molecule has 0 spiro atoms. The lowest BCUT2D eigenvalue weighted by Crippen LogP contribution is -2.04. The van der Waals surface area contributed by atoms with Gasteiger partial charge in [-0.15, -0.1) is 0 Å². The number of aryl methyl sites for hydroxylation is 1. The summed E-state index contributed by atoms with van der Waals surface area (Å²) in [7, 11) is 0. The Morgan fingerprint density at radius 1 is 1.15 bits per heavy atom. The molecule has 0 saturated heterocycles. The number of benzene rings is 2. The van der Waals surface area contributed by atoms with Gasteiger partial charge < -0.3 is 10.1 Å². The Labute approximate surface area is 149 Å². The maximum absolute atomic E-state index is 14.2. The van der Waals surface area contributed by atoms with E-state index in [2.05, 4.69) is 10.3 Å². The first-order valence-electron chi connectivity index (χ1n) is 7.87. The van der Waals surface area contributed by atoms with E-state index >= 15 is 0 Å². The van der Waals surface area contributed by atoms with Gasteiger partial charge in [-0.3, -0.25) is 4.98 Å². The van der Waals surface area contributed by atoms with Crippen LogP contribution in [0.25, 0.3) is 0 Å². The fourth-order valence-electron chi connectivity index (χ4n) is 2.46. The van der Waals surface area contributed by atoms with Crippen molar-refractivity contribution >= 4 is 5.69 Å². The molecule has 0 saturated carbocycles. The SMILES string of the molecule is Cc1cc(F)c(C#N)c(NCc2ccc(Oc3cccnc3)c(F)c2)c1. The molecule has 0 atom stereocenters. The van der Waals surface area contributed by atoms with Crippen molar-refractivity contribution in [3.63, 3.8) is 0 Å². The average molecular weight is 351 g/mol. The number of hydrogen-bond acceptors (Lipinski definition) is 4. The number of halogens is 2. The number of aromatic nitrogens is 1. The summed E-state index contributed by atoms with van der Waals surface area (Å²) in [5.41, 5.74) is 1.64. The molecule has 1 heterocycles. The fourth-order valence-corrected chi connectivity index (χ4v) is 2.46. The molecule has 26 heavy (non-hydrogen) atoms. The van der Waals surface area contributed by atoms with Gasteiger partial charge in [0.1, 0.15) is 23.2 Å². The van der Waals surface area contributed by atoms with Crippen molar-refractivity contribution in [2.75, 3.05) is 5.32 Å². The van der Waals surface area contributed by atoms with Crippen molar-refractivity contribution in [1.82, 2.24) is 4.98 Å². The number of ether oxygens (including phenoxy) is 1. The monoisotopic (exact) mass is 351 g/mol. The molecule has 0 amide bonds. The third-order valence-electron chi connectivity index (χ3n) is 3.69. The smallest absolute Gasteiger partial charge is 0.166 e. The molecule has 4 nitrogen and oxygen atoms in total. The molecule has 0 bridgehead atoms. The van der Waals surface area contributed by atoms with Gasteiger partial charge in [-0.25, -0.2) is 8.78 Å². The molecular formula is C20H15F2N3O. The van der Waals surface area contributed by atoms with Crippen LogP contribution in [0.3, 0.4) is 0 Å².